The number of esters is 1. The van der Waals surface area contributed by atoms with Crippen molar-refractivity contribution in [1.82, 2.24) is 10.3 Å². The number of amides is 1. The molecule has 4 rings (SSSR count). The van der Waals surface area contributed by atoms with Gasteiger partial charge >= 0.3 is 12.7 Å². The summed E-state index contributed by atoms with van der Waals surface area (Å²) < 4.78 is 21.7. The van der Waals surface area contributed by atoms with Gasteiger partial charge in [-0.2, -0.15) is 0 Å². The highest BCUT2D eigenvalue weighted by Gasteiger charge is 2.61. The summed E-state index contributed by atoms with van der Waals surface area (Å²) in [5.74, 6) is -3.43. The first-order valence-corrected chi connectivity index (χ1v) is 12.9. The summed E-state index contributed by atoms with van der Waals surface area (Å²) in [6.07, 6.45) is -3.72. The van der Waals surface area contributed by atoms with Crippen molar-refractivity contribution in [3.63, 3.8) is 0 Å². The van der Waals surface area contributed by atoms with Gasteiger partial charge in [0.25, 0.3) is 11.9 Å². The van der Waals surface area contributed by atoms with Crippen LogP contribution in [0, 0.1) is 5.92 Å². The molecule has 1 aromatic carbocycles. The fraction of sp³-hybridized carbons (Fsp3) is 0.444. The van der Waals surface area contributed by atoms with E-state index in [0.29, 0.717) is 12.1 Å². The van der Waals surface area contributed by atoms with Gasteiger partial charge in [-0.05, 0) is 31.4 Å². The predicted molar refractivity (Wildman–Crippen MR) is 139 cm³/mol. The average Bonchev–Trinajstić information content (AvgIpc) is 3.47. The van der Waals surface area contributed by atoms with Gasteiger partial charge in [-0.15, -0.1) is 0 Å². The Hall–Kier alpha value is -3.61. The summed E-state index contributed by atoms with van der Waals surface area (Å²) in [4.78, 5) is 55.5. The monoisotopic (exact) mass is 539 g/mol. The Kier molecular flexibility index (Phi) is 8.48. The molecule has 2 aromatic rings. The van der Waals surface area contributed by atoms with Crippen molar-refractivity contribution in [3.8, 4) is 11.3 Å². The first-order valence-electron chi connectivity index (χ1n) is 12.9. The van der Waals surface area contributed by atoms with E-state index < -0.39 is 60.6 Å². The van der Waals surface area contributed by atoms with E-state index in [1.54, 1.807) is 12.1 Å². The summed E-state index contributed by atoms with van der Waals surface area (Å²) in [5, 5.41) is 13.0. The summed E-state index contributed by atoms with van der Waals surface area (Å²) in [6.45, 7) is 2.42. The highest BCUT2D eigenvalue weighted by atomic mass is 16.8. The molecule has 2 unspecified atom stereocenters. The number of ether oxygens (including phenoxy) is 1. The van der Waals surface area contributed by atoms with Gasteiger partial charge in [-0.3, -0.25) is 14.4 Å². The Morgan fingerprint density at radius 2 is 1.79 bits per heavy atom. The van der Waals surface area contributed by atoms with E-state index in [-0.39, 0.29) is 18.0 Å². The Morgan fingerprint density at radius 3 is 2.44 bits per heavy atom. The molecule has 0 aliphatic carbocycles. The molecule has 3 heterocycles. The number of Topliss-reactive ketones (excluding diaryl/α,β-unsaturated/α-hetero) is 1. The van der Waals surface area contributed by atoms with Crippen LogP contribution in [0.1, 0.15) is 44.1 Å². The number of methoxy groups -OCH3 is 1. The third-order valence-electron chi connectivity index (χ3n) is 6.88. The van der Waals surface area contributed by atoms with Gasteiger partial charge in [0.1, 0.15) is 17.8 Å². The number of fused-ring (bicyclic) bond motifs is 2. The maximum Gasteiger partial charge on any atom is 0.441 e. The van der Waals surface area contributed by atoms with Crippen molar-refractivity contribution in [2.75, 3.05) is 7.11 Å². The van der Waals surface area contributed by atoms with Crippen molar-refractivity contribution in [2.24, 2.45) is 5.92 Å². The Balaban J connectivity index is 1.52. The van der Waals surface area contributed by atoms with Crippen molar-refractivity contribution in [2.45, 2.75) is 63.8 Å². The number of nitrogens with one attached hydrogen (secondary N) is 1. The highest BCUT2D eigenvalue weighted by molar-refractivity contribution is 6.67. The number of hydrogen-bond acceptors (Lipinski definition) is 10. The topological polar surface area (TPSA) is 150 Å². The maximum absolute atomic E-state index is 13.5. The number of ketones is 1. The molecule has 2 fully saturated rings. The van der Waals surface area contributed by atoms with E-state index in [4.69, 9.17) is 18.7 Å². The van der Waals surface area contributed by atoms with Crippen LogP contribution in [0.15, 0.2) is 48.5 Å². The molecule has 0 spiro atoms. The molecule has 1 aromatic heterocycles. The van der Waals surface area contributed by atoms with E-state index in [2.05, 4.69) is 10.3 Å². The molecule has 1 amide bonds. The van der Waals surface area contributed by atoms with Crippen LogP contribution < -0.4 is 5.32 Å². The molecule has 0 radical (unpaired) electrons. The second-order valence-electron chi connectivity index (χ2n) is 10.3. The number of benzene rings is 1. The molecular formula is C27H32BN2O9-. The number of pyridine rings is 1. The lowest BCUT2D eigenvalue weighted by Gasteiger charge is -2.41. The van der Waals surface area contributed by atoms with Gasteiger partial charge in [0, 0.05) is 5.56 Å². The number of carbonyl (C=O) groups is 4. The number of rotatable bonds is 11. The van der Waals surface area contributed by atoms with E-state index in [1.165, 1.54) is 13.0 Å². The molecular weight excluding hydrogens is 507 g/mol. The second kappa shape index (κ2) is 11.6. The van der Waals surface area contributed by atoms with Crippen LogP contribution in [0.2, 0.25) is 5.82 Å². The summed E-state index contributed by atoms with van der Waals surface area (Å²) in [5.41, 5.74) is 1.47. The third kappa shape index (κ3) is 6.03. The molecule has 2 aliphatic rings. The van der Waals surface area contributed by atoms with Crippen molar-refractivity contribution >= 4 is 30.4 Å². The van der Waals surface area contributed by atoms with Crippen LogP contribution in [0.4, 0.5) is 0 Å². The lowest BCUT2D eigenvalue weighted by atomic mass is 9.58. The molecule has 2 bridgehead atoms. The quantitative estimate of drug-likeness (QED) is 0.321. The zero-order valence-electron chi connectivity index (χ0n) is 22.2. The van der Waals surface area contributed by atoms with Crippen LogP contribution in [0.25, 0.3) is 11.3 Å². The van der Waals surface area contributed by atoms with Crippen molar-refractivity contribution < 1.29 is 43.0 Å². The molecule has 6 atom stereocenters. The van der Waals surface area contributed by atoms with Gasteiger partial charge in [-0.1, -0.05) is 62.5 Å². The molecule has 208 valence electrons. The van der Waals surface area contributed by atoms with E-state index in [9.17, 15) is 24.3 Å². The number of carbonyl (C=O) groups excluding carboxylic acids is 4. The molecule has 2 saturated heterocycles. The van der Waals surface area contributed by atoms with Crippen molar-refractivity contribution in [1.29, 1.82) is 0 Å². The summed E-state index contributed by atoms with van der Waals surface area (Å²) >= 11 is 0. The van der Waals surface area contributed by atoms with E-state index in [0.717, 1.165) is 12.7 Å². The summed E-state index contributed by atoms with van der Waals surface area (Å²) in [6, 6.07) is 13.0. The minimum atomic E-state index is -2.79. The standard InChI is InChI=1S/C27H32BN2O9/c1-15(2)13-18(28-37-23(26(34)36-4)24(38-28)27(35)39-28)14-21(32)22(16(3)31)30-25(33)20-12-8-11-19(29-20)17-9-6-5-7-10-17/h5-12,15-16,18,22-24,31H,13-14H2,1-4H3,(H,30,33)/q-1/t16-,18?,22+,23-,24-,28?/m1/s1. The smallest absolute Gasteiger partial charge is 0.441 e. The fourth-order valence-electron chi connectivity index (χ4n) is 5.06. The molecule has 39 heavy (non-hydrogen) atoms. The normalized spacial score (nSPS) is 24.1. The van der Waals surface area contributed by atoms with Gasteiger partial charge in [0.05, 0.1) is 18.9 Å². The van der Waals surface area contributed by atoms with Gasteiger partial charge < -0.3 is 29.1 Å². The largest absolute Gasteiger partial charge is 0.641 e. The fourth-order valence-corrected chi connectivity index (χ4v) is 5.06. The van der Waals surface area contributed by atoms with Crippen LogP contribution >= 0.6 is 0 Å². The third-order valence-corrected chi connectivity index (χ3v) is 6.88. The summed E-state index contributed by atoms with van der Waals surface area (Å²) in [7, 11) is 1.16. The van der Waals surface area contributed by atoms with Gasteiger partial charge in [0.2, 0.25) is 0 Å². The van der Waals surface area contributed by atoms with Gasteiger partial charge in [-0.25, -0.2) is 9.78 Å². The Bertz CT molecular complexity index is 1240. The second-order valence-corrected chi connectivity index (χ2v) is 10.3. The zero-order valence-corrected chi connectivity index (χ0v) is 22.2. The molecule has 0 saturated carbocycles. The van der Waals surface area contributed by atoms with E-state index in [1.807, 2.05) is 44.2 Å². The Labute approximate surface area is 226 Å². The lowest BCUT2D eigenvalue weighted by Crippen LogP contribution is -2.53. The lowest BCUT2D eigenvalue weighted by molar-refractivity contribution is -0.159. The first kappa shape index (κ1) is 28.4. The number of aliphatic hydroxyl groups is 1. The number of hydrogen-bond donors (Lipinski definition) is 2. The van der Waals surface area contributed by atoms with Gasteiger partial charge in [0.15, 0.2) is 11.9 Å². The maximum atomic E-state index is 13.5. The minimum Gasteiger partial charge on any atom is -0.641 e. The highest BCUT2D eigenvalue weighted by Crippen LogP contribution is 2.46. The van der Waals surface area contributed by atoms with Crippen LogP contribution in [-0.4, -0.2) is 71.9 Å². The van der Waals surface area contributed by atoms with Crippen LogP contribution in [0.5, 0.6) is 0 Å². The number of aliphatic hydroxyl groups excluding tert-OH is 1. The zero-order chi connectivity index (χ0) is 28.3. The first-order chi connectivity index (χ1) is 18.5. The molecule has 11 nitrogen and oxygen atoms in total. The van der Waals surface area contributed by atoms with Crippen LogP contribution in [0.3, 0.4) is 0 Å². The van der Waals surface area contributed by atoms with Crippen molar-refractivity contribution in [3.05, 3.63) is 54.2 Å². The number of nitrogens with zero attached hydrogens (tertiary/aromatic N) is 1. The SMILES string of the molecule is COC(=O)[C@@H]1O[B-]2(C(CC(=O)[C@@H](NC(=O)c3cccc(-c4ccccc4)n3)[C@@H](C)O)CC(C)C)OC(=O)[C@@H]1O2. The number of aromatic nitrogens is 1. The minimum absolute atomic E-state index is 0.0331. The molecule has 2 aliphatic heterocycles. The van der Waals surface area contributed by atoms with E-state index >= 15 is 0 Å². The predicted octanol–water partition coefficient (Wildman–Crippen LogP) is 2.06. The average molecular weight is 539 g/mol. The molecule has 12 heteroatoms. The molecule has 2 N–H and O–H groups in total. The van der Waals surface area contributed by atoms with Crippen LogP contribution in [-0.2, 0) is 33.1 Å². The Morgan fingerprint density at radius 1 is 1.08 bits per heavy atom.